The van der Waals surface area contributed by atoms with Gasteiger partial charge in [0.25, 0.3) is 6.43 Å². The van der Waals surface area contributed by atoms with Gasteiger partial charge < -0.3 is 9.84 Å². The van der Waals surface area contributed by atoms with Crippen LogP contribution in [0.4, 0.5) is 8.78 Å². The first-order valence-electron chi connectivity index (χ1n) is 4.01. The molecule has 0 saturated carbocycles. The van der Waals surface area contributed by atoms with E-state index < -0.39 is 35.0 Å². The second-order valence-electron chi connectivity index (χ2n) is 2.69. The molecule has 0 spiro atoms. The smallest absolute Gasteiger partial charge is 0.358 e. The Labute approximate surface area is 88.9 Å². The van der Waals surface area contributed by atoms with E-state index in [-0.39, 0.29) is 0 Å². The van der Waals surface area contributed by atoms with Gasteiger partial charge in [0, 0.05) is 6.20 Å². The summed E-state index contributed by atoms with van der Waals surface area (Å²) in [5.41, 5.74) is -1.72. The van der Waals surface area contributed by atoms with Crippen LogP contribution in [0.3, 0.4) is 0 Å². The van der Waals surface area contributed by atoms with E-state index in [0.29, 0.717) is 6.20 Å². The molecule has 1 N–H and O–H groups in total. The Morgan fingerprint density at radius 1 is 1.69 bits per heavy atom. The topological polar surface area (TPSA) is 83.2 Å². The summed E-state index contributed by atoms with van der Waals surface area (Å²) in [5.74, 6) is -1.90. The van der Waals surface area contributed by atoms with Crippen LogP contribution in [0.15, 0.2) is 6.20 Å². The summed E-state index contributed by atoms with van der Waals surface area (Å²) in [5, 5.41) is 17.4. The molecule has 0 aliphatic carbocycles. The molecule has 1 heterocycles. The number of methoxy groups -OCH3 is 1. The molecule has 0 amide bonds. The third-order valence-electron chi connectivity index (χ3n) is 1.82. The Morgan fingerprint density at radius 2 is 2.31 bits per heavy atom. The number of hydrogen-bond donors (Lipinski definition) is 1. The van der Waals surface area contributed by atoms with E-state index in [1.807, 2.05) is 0 Å². The molecular formula is C9H6F2N2O3. The average Bonchev–Trinajstić information content (AvgIpc) is 2.26. The number of nitriles is 1. The quantitative estimate of drug-likeness (QED) is 0.849. The number of hydrogen-bond acceptors (Lipinski definition) is 4. The second kappa shape index (κ2) is 4.53. The van der Waals surface area contributed by atoms with Crippen LogP contribution in [-0.2, 0) is 0 Å². The molecule has 0 bridgehead atoms. The van der Waals surface area contributed by atoms with E-state index in [0.717, 1.165) is 7.11 Å². The van der Waals surface area contributed by atoms with Crippen molar-refractivity contribution in [3.05, 3.63) is 23.0 Å². The van der Waals surface area contributed by atoms with Crippen LogP contribution >= 0.6 is 0 Å². The summed E-state index contributed by atoms with van der Waals surface area (Å²) in [6.07, 6.45) is -2.26. The maximum atomic E-state index is 12.5. The first kappa shape index (κ1) is 11.8. The van der Waals surface area contributed by atoms with Gasteiger partial charge in [0.05, 0.1) is 12.7 Å². The van der Waals surface area contributed by atoms with Crippen LogP contribution < -0.4 is 4.74 Å². The molecule has 0 fully saturated rings. The second-order valence-corrected chi connectivity index (χ2v) is 2.69. The SMILES string of the molecule is COc1c(C(=O)O)ncc(C(F)F)c1C#N. The van der Waals surface area contributed by atoms with Crippen LogP contribution in [0.2, 0.25) is 0 Å². The van der Waals surface area contributed by atoms with Crippen molar-refractivity contribution < 1.29 is 23.4 Å². The molecule has 1 rings (SSSR count). The number of alkyl halides is 2. The van der Waals surface area contributed by atoms with Crippen molar-refractivity contribution in [1.29, 1.82) is 5.26 Å². The lowest BCUT2D eigenvalue weighted by molar-refractivity contribution is 0.0685. The predicted octanol–water partition coefficient (Wildman–Crippen LogP) is 1.60. The molecule has 0 aromatic carbocycles. The molecule has 0 aliphatic rings. The fourth-order valence-electron chi connectivity index (χ4n) is 1.14. The molecule has 1 aromatic heterocycles. The van der Waals surface area contributed by atoms with Gasteiger partial charge in [-0.3, -0.25) is 0 Å². The van der Waals surface area contributed by atoms with E-state index in [4.69, 9.17) is 10.4 Å². The normalized spacial score (nSPS) is 9.94. The fraction of sp³-hybridized carbons (Fsp3) is 0.222. The number of halogens is 2. The average molecular weight is 228 g/mol. The summed E-state index contributed by atoms with van der Waals surface area (Å²) < 4.78 is 29.6. The molecule has 0 radical (unpaired) electrons. The van der Waals surface area contributed by atoms with E-state index >= 15 is 0 Å². The van der Waals surface area contributed by atoms with Crippen molar-refractivity contribution in [3.63, 3.8) is 0 Å². The molecule has 0 unspecified atom stereocenters. The third kappa shape index (κ3) is 1.91. The van der Waals surface area contributed by atoms with Crippen molar-refractivity contribution in [3.8, 4) is 11.8 Å². The monoisotopic (exact) mass is 228 g/mol. The highest BCUT2D eigenvalue weighted by molar-refractivity contribution is 5.89. The number of rotatable bonds is 3. The van der Waals surface area contributed by atoms with Gasteiger partial charge in [-0.25, -0.2) is 18.6 Å². The highest BCUT2D eigenvalue weighted by Crippen LogP contribution is 2.30. The van der Waals surface area contributed by atoms with Crippen LogP contribution in [-0.4, -0.2) is 23.2 Å². The Hall–Kier alpha value is -2.23. The van der Waals surface area contributed by atoms with Crippen LogP contribution in [0.1, 0.15) is 28.0 Å². The zero-order valence-corrected chi connectivity index (χ0v) is 8.07. The van der Waals surface area contributed by atoms with Gasteiger partial charge in [0.2, 0.25) is 0 Å². The van der Waals surface area contributed by atoms with Crippen molar-refractivity contribution in [2.75, 3.05) is 7.11 Å². The standard InChI is InChI=1S/C9H6F2N2O3/c1-16-7-4(2-12)5(8(10)11)3-13-6(7)9(14)15/h3,8H,1H3,(H,14,15). The molecule has 0 atom stereocenters. The number of nitrogens with zero attached hydrogens (tertiary/aromatic N) is 2. The van der Waals surface area contributed by atoms with Crippen molar-refractivity contribution >= 4 is 5.97 Å². The van der Waals surface area contributed by atoms with Gasteiger partial charge in [-0.1, -0.05) is 0 Å². The van der Waals surface area contributed by atoms with Gasteiger partial charge in [0.1, 0.15) is 11.6 Å². The molecule has 5 nitrogen and oxygen atoms in total. The number of aromatic carboxylic acids is 1. The molecule has 0 saturated heterocycles. The highest BCUT2D eigenvalue weighted by Gasteiger charge is 2.24. The Balaban J connectivity index is 3.54. The van der Waals surface area contributed by atoms with Gasteiger partial charge in [-0.05, 0) is 0 Å². The predicted molar refractivity (Wildman–Crippen MR) is 47.4 cm³/mol. The minimum absolute atomic E-state index is 0.451. The Morgan fingerprint density at radius 3 is 2.69 bits per heavy atom. The summed E-state index contributed by atoms with van der Waals surface area (Å²) in [4.78, 5) is 14.0. The van der Waals surface area contributed by atoms with Gasteiger partial charge in [-0.2, -0.15) is 5.26 Å². The molecular weight excluding hydrogens is 222 g/mol. The van der Waals surface area contributed by atoms with Gasteiger partial charge >= 0.3 is 5.97 Å². The summed E-state index contributed by atoms with van der Waals surface area (Å²) in [6, 6.07) is 1.48. The van der Waals surface area contributed by atoms with Crippen molar-refractivity contribution in [2.45, 2.75) is 6.43 Å². The lowest BCUT2D eigenvalue weighted by Crippen LogP contribution is -2.08. The number of pyridine rings is 1. The first-order chi connectivity index (χ1) is 7.52. The maximum Gasteiger partial charge on any atom is 0.358 e. The first-order valence-corrected chi connectivity index (χ1v) is 4.01. The lowest BCUT2D eigenvalue weighted by atomic mass is 10.1. The van der Waals surface area contributed by atoms with Gasteiger partial charge in [-0.15, -0.1) is 0 Å². The Kier molecular flexibility index (Phi) is 3.35. The number of aromatic nitrogens is 1. The van der Waals surface area contributed by atoms with Crippen molar-refractivity contribution in [2.24, 2.45) is 0 Å². The minimum Gasteiger partial charge on any atom is -0.493 e. The summed E-state index contributed by atoms with van der Waals surface area (Å²) in [6.45, 7) is 0. The maximum absolute atomic E-state index is 12.5. The summed E-state index contributed by atoms with van der Waals surface area (Å²) >= 11 is 0. The minimum atomic E-state index is -2.92. The number of ether oxygens (including phenoxy) is 1. The molecule has 16 heavy (non-hydrogen) atoms. The number of carbonyl (C=O) groups is 1. The van der Waals surface area contributed by atoms with Crippen molar-refractivity contribution in [1.82, 2.24) is 4.98 Å². The molecule has 0 aliphatic heterocycles. The number of carboxylic acid groups (broad SMARTS) is 1. The van der Waals surface area contributed by atoms with E-state index in [1.54, 1.807) is 0 Å². The van der Waals surface area contributed by atoms with Crippen LogP contribution in [0, 0.1) is 11.3 Å². The van der Waals surface area contributed by atoms with Crippen LogP contribution in [0.25, 0.3) is 0 Å². The largest absolute Gasteiger partial charge is 0.493 e. The van der Waals surface area contributed by atoms with E-state index in [9.17, 15) is 13.6 Å². The lowest BCUT2D eigenvalue weighted by Gasteiger charge is -2.09. The summed E-state index contributed by atoms with van der Waals surface area (Å²) in [7, 11) is 1.08. The number of carboxylic acids is 1. The molecule has 84 valence electrons. The zero-order chi connectivity index (χ0) is 12.3. The zero-order valence-electron chi connectivity index (χ0n) is 8.07. The third-order valence-corrected chi connectivity index (χ3v) is 1.82. The van der Waals surface area contributed by atoms with E-state index in [2.05, 4.69) is 9.72 Å². The van der Waals surface area contributed by atoms with E-state index in [1.165, 1.54) is 6.07 Å². The molecule has 1 aromatic rings. The Bertz CT molecular complexity index is 469. The fourth-order valence-corrected chi connectivity index (χ4v) is 1.14. The van der Waals surface area contributed by atoms with Crippen LogP contribution in [0.5, 0.6) is 5.75 Å². The van der Waals surface area contributed by atoms with Gasteiger partial charge in [0.15, 0.2) is 11.4 Å². The molecule has 7 heteroatoms. The highest BCUT2D eigenvalue weighted by atomic mass is 19.3.